The number of anilines is 3. The Labute approximate surface area is 225 Å². The van der Waals surface area contributed by atoms with Crippen LogP contribution in [-0.2, 0) is 20.8 Å². The molecule has 0 spiro atoms. The van der Waals surface area contributed by atoms with Crippen molar-refractivity contribution in [2.24, 2.45) is 0 Å². The number of nitrogens with one attached hydrogen (secondary N) is 1. The molecule has 1 unspecified atom stereocenters. The molecule has 2 atom stereocenters. The summed E-state index contributed by atoms with van der Waals surface area (Å²) in [5.41, 5.74) is 0.773. The number of imidazole rings is 1. The van der Waals surface area contributed by atoms with E-state index in [-0.39, 0.29) is 35.5 Å². The zero-order valence-electron chi connectivity index (χ0n) is 21.8. The monoisotopic (exact) mass is 565 g/mol. The predicted molar refractivity (Wildman–Crippen MR) is 143 cm³/mol. The molecule has 1 radical (unpaired) electrons. The van der Waals surface area contributed by atoms with Gasteiger partial charge >= 0.3 is 192 Å². The molecule has 2 saturated heterocycles. The van der Waals surface area contributed by atoms with Crippen molar-refractivity contribution in [3.05, 3.63) is 12.4 Å². The zero-order chi connectivity index (χ0) is 27.9. The Morgan fingerprint density at radius 3 is 2.38 bits per heavy atom. The number of halogens is 3. The summed E-state index contributed by atoms with van der Waals surface area (Å²) in [6, 6.07) is -0.274. The third kappa shape index (κ3) is 5.79. The number of hydrogen-bond acceptors (Lipinski definition) is 10. The normalized spacial score (nSPS) is 20.8. The van der Waals surface area contributed by atoms with Crippen molar-refractivity contribution in [2.75, 3.05) is 74.4 Å². The van der Waals surface area contributed by atoms with E-state index in [1.54, 1.807) is 16.3 Å². The quantitative estimate of drug-likeness (QED) is 0.437. The van der Waals surface area contributed by atoms with Gasteiger partial charge in [0.15, 0.2) is 0 Å². The van der Waals surface area contributed by atoms with Gasteiger partial charge in [0, 0.05) is 7.05 Å². The molecule has 39 heavy (non-hydrogen) atoms. The summed E-state index contributed by atoms with van der Waals surface area (Å²) in [6.07, 6.45) is -0.0435. The van der Waals surface area contributed by atoms with Gasteiger partial charge in [0.25, 0.3) is 0 Å². The molecule has 0 bridgehead atoms. The first-order valence-corrected chi connectivity index (χ1v) is 14.4. The zero-order valence-corrected chi connectivity index (χ0v) is 22.7. The van der Waals surface area contributed by atoms with E-state index in [1.807, 2.05) is 11.8 Å². The molecular formula is C22H29BF3N10O2S. The molecule has 2 fully saturated rings. The Bertz CT molecular complexity index is 1450. The summed E-state index contributed by atoms with van der Waals surface area (Å²) >= 11 is 0. The fourth-order valence-electron chi connectivity index (χ4n) is 4.90. The standard InChI is InChI=1S/C22H29BF3N10O2S/c1-14-12-34(4-5-36(14)39(3,23)37)21-30-16-18(33-6-8-38-9-7-33)31-17(15-10-28-20(27-2)29-11-15)32-19(16)35(21)13-22(24,25)26/h10-11,14H,4-9,12-13H2,1-3H3,(H,27,28,29)/t14-,39?/m1/s1. The topological polar surface area (TPSA) is 117 Å². The van der Waals surface area contributed by atoms with E-state index < -0.39 is 22.3 Å². The van der Waals surface area contributed by atoms with Gasteiger partial charge in [-0.3, -0.25) is 0 Å². The Kier molecular flexibility index (Phi) is 7.41. The summed E-state index contributed by atoms with van der Waals surface area (Å²) in [7, 11) is -1.04. The van der Waals surface area contributed by atoms with Crippen LogP contribution in [-0.4, -0.2) is 116 Å². The summed E-state index contributed by atoms with van der Waals surface area (Å²) in [5.74, 6) is 1.12. The van der Waals surface area contributed by atoms with Crippen LogP contribution in [0.3, 0.4) is 0 Å². The molecule has 0 saturated carbocycles. The fourth-order valence-corrected chi connectivity index (χ4v) is 6.13. The van der Waals surface area contributed by atoms with Crippen LogP contribution in [0.1, 0.15) is 6.92 Å². The molecule has 12 nitrogen and oxygen atoms in total. The van der Waals surface area contributed by atoms with Gasteiger partial charge in [0.05, 0.1) is 0 Å². The van der Waals surface area contributed by atoms with Crippen LogP contribution in [0.2, 0.25) is 0 Å². The number of morpholine rings is 1. The maximum atomic E-state index is 13.9. The van der Waals surface area contributed by atoms with E-state index in [0.29, 0.717) is 56.7 Å². The van der Waals surface area contributed by atoms with Crippen LogP contribution in [0.25, 0.3) is 22.6 Å². The molecular weight excluding hydrogens is 536 g/mol. The molecule has 2 aliphatic rings. The molecule has 0 aromatic carbocycles. The second-order valence-corrected chi connectivity index (χ2v) is 11.8. The van der Waals surface area contributed by atoms with E-state index in [1.165, 1.54) is 18.6 Å². The SMILES string of the molecule is [B]=S(C)(=O)N1CCN(c2nc3c(N4CCOCC4)nc(-c4cnc(NC)nc4)nc3n2CC(F)(F)F)C[C@H]1C. The van der Waals surface area contributed by atoms with E-state index in [4.69, 9.17) is 21.4 Å². The second-order valence-electron chi connectivity index (χ2n) is 9.60. The van der Waals surface area contributed by atoms with E-state index in [9.17, 15) is 17.4 Å². The van der Waals surface area contributed by atoms with Crippen molar-refractivity contribution in [3.63, 3.8) is 0 Å². The second kappa shape index (κ2) is 10.5. The molecule has 2 aliphatic heterocycles. The Hall–Kier alpha value is -3.05. The minimum atomic E-state index is -4.54. The first-order valence-electron chi connectivity index (χ1n) is 12.4. The maximum absolute atomic E-state index is 13.9. The molecule has 0 aliphatic carbocycles. The first-order chi connectivity index (χ1) is 18.4. The number of aromatic nitrogens is 6. The van der Waals surface area contributed by atoms with E-state index in [0.717, 1.165) is 4.57 Å². The molecule has 3 aromatic heterocycles. The number of fused-ring (bicyclic) bond motifs is 1. The van der Waals surface area contributed by atoms with Crippen molar-refractivity contribution >= 4 is 45.1 Å². The minimum absolute atomic E-state index is 0.0553. The van der Waals surface area contributed by atoms with Gasteiger partial charge in [-0.2, -0.15) is 0 Å². The van der Waals surface area contributed by atoms with Gasteiger partial charge in [-0.1, -0.05) is 0 Å². The average molecular weight is 565 g/mol. The van der Waals surface area contributed by atoms with E-state index in [2.05, 4.69) is 20.3 Å². The molecule has 3 aromatic rings. The number of nitrogens with zero attached hydrogens (tertiary/aromatic N) is 9. The third-order valence-corrected chi connectivity index (χ3v) is 8.13. The van der Waals surface area contributed by atoms with Crippen LogP contribution in [0.15, 0.2) is 12.4 Å². The molecule has 1 N–H and O–H groups in total. The number of rotatable bonds is 6. The fraction of sp³-hybridized carbons (Fsp3) is 0.591. The molecule has 0 amide bonds. The number of alkyl halides is 3. The molecule has 5 rings (SSSR count). The van der Waals surface area contributed by atoms with Crippen LogP contribution >= 0.6 is 0 Å². The van der Waals surface area contributed by atoms with Gasteiger partial charge < -0.3 is 10.1 Å². The summed E-state index contributed by atoms with van der Waals surface area (Å²) in [6.45, 7) is 9.21. The number of piperazine rings is 1. The van der Waals surface area contributed by atoms with Crippen molar-refractivity contribution in [3.8, 4) is 11.4 Å². The molecule has 209 valence electrons. The predicted octanol–water partition coefficient (Wildman–Crippen LogP) is 1.15. The van der Waals surface area contributed by atoms with Gasteiger partial charge in [0.2, 0.25) is 5.95 Å². The Morgan fingerprint density at radius 2 is 1.79 bits per heavy atom. The van der Waals surface area contributed by atoms with Crippen molar-refractivity contribution in [1.29, 1.82) is 0 Å². The van der Waals surface area contributed by atoms with Crippen LogP contribution in [0.4, 0.5) is 30.9 Å². The Morgan fingerprint density at radius 1 is 1.10 bits per heavy atom. The molecule has 17 heteroatoms. The summed E-state index contributed by atoms with van der Waals surface area (Å²) < 4.78 is 62.5. The van der Waals surface area contributed by atoms with Crippen molar-refractivity contribution in [2.45, 2.75) is 25.7 Å². The number of ether oxygens (including phenoxy) is 1. The molecule has 5 heterocycles. The third-order valence-electron chi connectivity index (χ3n) is 6.65. The van der Waals surface area contributed by atoms with E-state index >= 15 is 0 Å². The Balaban J connectivity index is 1.67. The van der Waals surface area contributed by atoms with Gasteiger partial charge in [-0.15, -0.1) is 0 Å². The average Bonchev–Trinajstić information content (AvgIpc) is 3.24. The van der Waals surface area contributed by atoms with Crippen molar-refractivity contribution in [1.82, 2.24) is 33.8 Å². The van der Waals surface area contributed by atoms with Crippen molar-refractivity contribution < 1.29 is 22.1 Å². The van der Waals surface area contributed by atoms with Gasteiger partial charge in [0.1, 0.15) is 0 Å². The number of hydrogen-bond donors (Lipinski definition) is 1. The van der Waals surface area contributed by atoms with Crippen LogP contribution < -0.4 is 15.1 Å². The first kappa shape index (κ1) is 27.5. The van der Waals surface area contributed by atoms with Gasteiger partial charge in [-0.25, -0.2) is 9.97 Å². The van der Waals surface area contributed by atoms with Crippen LogP contribution in [0.5, 0.6) is 0 Å². The van der Waals surface area contributed by atoms with Gasteiger partial charge in [-0.05, 0) is 0 Å². The summed E-state index contributed by atoms with van der Waals surface area (Å²) in [4.78, 5) is 26.1. The summed E-state index contributed by atoms with van der Waals surface area (Å²) in [5, 5.41) is 2.83. The van der Waals surface area contributed by atoms with Crippen LogP contribution in [0, 0.1) is 0 Å².